The van der Waals surface area contributed by atoms with Gasteiger partial charge < -0.3 is 11.1 Å². The molecular formula is C13H17F3N2OS. The van der Waals surface area contributed by atoms with Gasteiger partial charge >= 0.3 is 6.18 Å². The molecule has 0 radical (unpaired) electrons. The van der Waals surface area contributed by atoms with E-state index in [0.717, 1.165) is 23.6 Å². The maximum Gasteiger partial charge on any atom is 0.418 e. The van der Waals surface area contributed by atoms with E-state index in [1.165, 1.54) is 6.07 Å². The number of anilines is 2. The lowest BCUT2D eigenvalue weighted by atomic mass is 10.1. The molecule has 1 aromatic rings. The highest BCUT2D eigenvalue weighted by Gasteiger charge is 2.33. The summed E-state index contributed by atoms with van der Waals surface area (Å²) < 4.78 is 38.0. The van der Waals surface area contributed by atoms with Gasteiger partial charge in [-0.15, -0.1) is 0 Å². The van der Waals surface area contributed by atoms with E-state index in [4.69, 9.17) is 5.73 Å². The molecule has 3 nitrogen and oxygen atoms in total. The SMILES string of the molecule is CCSCCCC(=O)Nc1ccc(N)c(C(F)(F)F)c1. The lowest BCUT2D eigenvalue weighted by molar-refractivity contribution is -0.136. The fourth-order valence-corrected chi connectivity index (χ4v) is 2.22. The summed E-state index contributed by atoms with van der Waals surface area (Å²) in [6.07, 6.45) is -3.53. The van der Waals surface area contributed by atoms with Crippen molar-refractivity contribution in [3.63, 3.8) is 0 Å². The molecule has 7 heteroatoms. The molecule has 1 rings (SSSR count). The Labute approximate surface area is 120 Å². The zero-order chi connectivity index (χ0) is 15.2. The average molecular weight is 306 g/mol. The minimum Gasteiger partial charge on any atom is -0.398 e. The van der Waals surface area contributed by atoms with Crippen molar-refractivity contribution in [3.05, 3.63) is 23.8 Å². The third-order valence-corrected chi connectivity index (χ3v) is 3.52. The summed E-state index contributed by atoms with van der Waals surface area (Å²) in [6, 6.07) is 3.36. The number of carbonyl (C=O) groups excluding carboxylic acids is 1. The van der Waals surface area contributed by atoms with Crippen LogP contribution in [-0.2, 0) is 11.0 Å². The van der Waals surface area contributed by atoms with Gasteiger partial charge in [0, 0.05) is 17.8 Å². The summed E-state index contributed by atoms with van der Waals surface area (Å²) in [6.45, 7) is 2.03. The first-order chi connectivity index (χ1) is 9.34. The fourth-order valence-electron chi connectivity index (χ4n) is 1.58. The van der Waals surface area contributed by atoms with E-state index in [1.54, 1.807) is 11.8 Å². The van der Waals surface area contributed by atoms with Gasteiger partial charge in [-0.1, -0.05) is 6.92 Å². The van der Waals surface area contributed by atoms with Crippen molar-refractivity contribution < 1.29 is 18.0 Å². The first-order valence-corrected chi connectivity index (χ1v) is 7.34. The Morgan fingerprint density at radius 2 is 2.10 bits per heavy atom. The van der Waals surface area contributed by atoms with Crippen LogP contribution in [0.4, 0.5) is 24.5 Å². The summed E-state index contributed by atoms with van der Waals surface area (Å²) in [4.78, 5) is 11.6. The van der Waals surface area contributed by atoms with Crippen molar-refractivity contribution in [2.24, 2.45) is 0 Å². The molecule has 0 bridgehead atoms. The quantitative estimate of drug-likeness (QED) is 0.621. The molecule has 0 atom stereocenters. The number of nitrogen functional groups attached to an aromatic ring is 1. The van der Waals surface area contributed by atoms with Gasteiger partial charge in [0.2, 0.25) is 5.91 Å². The van der Waals surface area contributed by atoms with Crippen LogP contribution in [0.3, 0.4) is 0 Å². The van der Waals surface area contributed by atoms with E-state index < -0.39 is 11.7 Å². The van der Waals surface area contributed by atoms with Crippen LogP contribution in [0.15, 0.2) is 18.2 Å². The van der Waals surface area contributed by atoms with E-state index in [1.807, 2.05) is 6.92 Å². The highest BCUT2D eigenvalue weighted by Crippen LogP contribution is 2.35. The molecule has 1 aromatic carbocycles. The maximum absolute atomic E-state index is 12.7. The minimum absolute atomic E-state index is 0.111. The molecule has 0 fully saturated rings. The molecule has 1 amide bonds. The molecule has 0 spiro atoms. The van der Waals surface area contributed by atoms with Crippen molar-refractivity contribution >= 4 is 29.0 Å². The van der Waals surface area contributed by atoms with Gasteiger partial charge in [0.25, 0.3) is 0 Å². The number of thioether (sulfide) groups is 1. The Hall–Kier alpha value is -1.37. The number of hydrogen-bond donors (Lipinski definition) is 2. The monoisotopic (exact) mass is 306 g/mol. The zero-order valence-electron chi connectivity index (χ0n) is 11.1. The number of carbonyl (C=O) groups is 1. The van der Waals surface area contributed by atoms with E-state index in [9.17, 15) is 18.0 Å². The predicted octanol–water partition coefficient (Wildman–Crippen LogP) is 3.76. The topological polar surface area (TPSA) is 55.1 Å². The third kappa shape index (κ3) is 5.32. The second kappa shape index (κ2) is 7.42. The number of amides is 1. The number of nitrogens with two attached hydrogens (primary N) is 1. The molecule has 20 heavy (non-hydrogen) atoms. The molecule has 0 saturated heterocycles. The van der Waals surface area contributed by atoms with Crippen molar-refractivity contribution in [2.75, 3.05) is 22.6 Å². The molecule has 0 saturated carbocycles. The summed E-state index contributed by atoms with van der Waals surface area (Å²) in [5, 5.41) is 2.45. The van der Waals surface area contributed by atoms with Crippen LogP contribution in [0.2, 0.25) is 0 Å². The van der Waals surface area contributed by atoms with E-state index in [2.05, 4.69) is 5.32 Å². The van der Waals surface area contributed by atoms with Gasteiger partial charge in [0.1, 0.15) is 0 Å². The highest BCUT2D eigenvalue weighted by molar-refractivity contribution is 7.99. The molecule has 0 heterocycles. The van der Waals surface area contributed by atoms with E-state index >= 15 is 0 Å². The van der Waals surface area contributed by atoms with Crippen molar-refractivity contribution in [1.29, 1.82) is 0 Å². The third-order valence-electron chi connectivity index (χ3n) is 2.54. The van der Waals surface area contributed by atoms with E-state index in [0.29, 0.717) is 12.8 Å². The number of hydrogen-bond acceptors (Lipinski definition) is 3. The molecular weight excluding hydrogens is 289 g/mol. The van der Waals surface area contributed by atoms with Gasteiger partial charge in [-0.25, -0.2) is 0 Å². The number of benzene rings is 1. The minimum atomic E-state index is -4.53. The van der Waals surface area contributed by atoms with Crippen molar-refractivity contribution in [2.45, 2.75) is 25.9 Å². The summed E-state index contributed by atoms with van der Waals surface area (Å²) >= 11 is 1.72. The van der Waals surface area contributed by atoms with Crippen LogP contribution in [0, 0.1) is 0 Å². The normalized spacial score (nSPS) is 11.4. The van der Waals surface area contributed by atoms with Gasteiger partial charge in [-0.2, -0.15) is 24.9 Å². The summed E-state index contributed by atoms with van der Waals surface area (Å²) in [5.41, 5.74) is 4.11. The van der Waals surface area contributed by atoms with Crippen LogP contribution in [0.1, 0.15) is 25.3 Å². The number of alkyl halides is 3. The van der Waals surface area contributed by atoms with E-state index in [-0.39, 0.29) is 17.3 Å². The Bertz CT molecular complexity index is 463. The first kappa shape index (κ1) is 16.7. The Kier molecular flexibility index (Phi) is 6.19. The Morgan fingerprint density at radius 1 is 1.40 bits per heavy atom. The number of nitrogens with one attached hydrogen (secondary N) is 1. The van der Waals surface area contributed by atoms with Gasteiger partial charge in [-0.05, 0) is 36.1 Å². The smallest absolute Gasteiger partial charge is 0.398 e. The maximum atomic E-state index is 12.7. The van der Waals surface area contributed by atoms with Crippen LogP contribution in [0.5, 0.6) is 0 Å². The molecule has 0 aromatic heterocycles. The summed E-state index contributed by atoms with van der Waals surface area (Å²) in [7, 11) is 0. The lowest BCUT2D eigenvalue weighted by Crippen LogP contribution is -2.14. The molecule has 0 aliphatic rings. The molecule has 0 aliphatic carbocycles. The first-order valence-electron chi connectivity index (χ1n) is 6.19. The molecule has 0 unspecified atom stereocenters. The van der Waals surface area contributed by atoms with Gasteiger partial charge in [-0.3, -0.25) is 4.79 Å². The average Bonchev–Trinajstić information content (AvgIpc) is 2.36. The van der Waals surface area contributed by atoms with Crippen molar-refractivity contribution in [3.8, 4) is 0 Å². The van der Waals surface area contributed by atoms with Crippen LogP contribution < -0.4 is 11.1 Å². The second-order valence-corrected chi connectivity index (χ2v) is 5.54. The number of rotatable bonds is 6. The Balaban J connectivity index is 2.62. The van der Waals surface area contributed by atoms with Crippen LogP contribution in [0.25, 0.3) is 0 Å². The number of halogens is 3. The molecule has 3 N–H and O–H groups in total. The molecule has 112 valence electrons. The fraction of sp³-hybridized carbons (Fsp3) is 0.462. The van der Waals surface area contributed by atoms with Crippen molar-refractivity contribution in [1.82, 2.24) is 0 Å². The summed E-state index contributed by atoms with van der Waals surface area (Å²) in [5.74, 6) is 1.55. The zero-order valence-corrected chi connectivity index (χ0v) is 11.9. The Morgan fingerprint density at radius 3 is 2.70 bits per heavy atom. The predicted molar refractivity (Wildman–Crippen MR) is 76.7 cm³/mol. The standard InChI is InChI=1S/C13H17F3N2OS/c1-2-20-7-3-4-12(19)18-9-5-6-11(17)10(8-9)13(14,15)16/h5-6,8H,2-4,7,17H2,1H3,(H,18,19). The largest absolute Gasteiger partial charge is 0.418 e. The van der Waals surface area contributed by atoms with Gasteiger partial charge in [0.05, 0.1) is 5.56 Å². The second-order valence-electron chi connectivity index (χ2n) is 4.15. The van der Waals surface area contributed by atoms with Gasteiger partial charge in [0.15, 0.2) is 0 Å². The van der Waals surface area contributed by atoms with Crippen LogP contribution >= 0.6 is 11.8 Å². The highest BCUT2D eigenvalue weighted by atomic mass is 32.2. The molecule has 0 aliphatic heterocycles. The lowest BCUT2D eigenvalue weighted by Gasteiger charge is -2.12. The van der Waals surface area contributed by atoms with Crippen LogP contribution in [-0.4, -0.2) is 17.4 Å².